The molecule has 0 N–H and O–H groups in total. The average Bonchev–Trinajstić information content (AvgIpc) is 2.86. The van der Waals surface area contributed by atoms with Gasteiger partial charge in [-0.15, -0.1) is 0 Å². The molecule has 0 fully saturated rings. The van der Waals surface area contributed by atoms with Crippen LogP contribution >= 0.6 is 0 Å². The zero-order valence-electron chi connectivity index (χ0n) is 11.8. The summed E-state index contributed by atoms with van der Waals surface area (Å²) in [5, 5.41) is 0. The second kappa shape index (κ2) is 6.47. The number of esters is 1. The number of carbonyl (C=O) groups excluding carboxylic acids is 1. The summed E-state index contributed by atoms with van der Waals surface area (Å²) in [7, 11) is 0. The molecule has 0 spiro atoms. The first-order valence-corrected chi connectivity index (χ1v) is 6.70. The predicted octanol–water partition coefficient (Wildman–Crippen LogP) is 3.34. The maximum Gasteiger partial charge on any atom is 0.359 e. The normalized spacial score (nSPS) is 12.2. The highest BCUT2D eigenvalue weighted by molar-refractivity contribution is 5.87. The number of aromatic nitrogens is 2. The molecule has 1 atom stereocenters. The standard InChI is InChI=1S/C15H16F2N2O2/c1-3-8-21-15(20)13-14(17)18-9-19(13)10(2)11-6-4-5-7-12(11)16/h4-7,9-10H,3,8H2,1-2H3/t10-/m1/s1. The van der Waals surface area contributed by atoms with Crippen LogP contribution in [0.1, 0.15) is 42.4 Å². The van der Waals surface area contributed by atoms with Gasteiger partial charge < -0.3 is 9.30 Å². The number of nitrogens with zero attached hydrogens (tertiary/aromatic N) is 2. The molecule has 1 aromatic heterocycles. The van der Waals surface area contributed by atoms with Gasteiger partial charge in [-0.05, 0) is 19.4 Å². The molecule has 6 heteroatoms. The van der Waals surface area contributed by atoms with E-state index in [0.29, 0.717) is 12.0 Å². The molecule has 112 valence electrons. The van der Waals surface area contributed by atoms with Crippen LogP contribution in [0.5, 0.6) is 0 Å². The summed E-state index contributed by atoms with van der Waals surface area (Å²) in [4.78, 5) is 15.4. The number of imidazole rings is 1. The molecular formula is C15H16F2N2O2. The zero-order valence-corrected chi connectivity index (χ0v) is 11.8. The van der Waals surface area contributed by atoms with Crippen molar-refractivity contribution >= 4 is 5.97 Å². The second-order valence-corrected chi connectivity index (χ2v) is 4.62. The molecule has 0 amide bonds. The van der Waals surface area contributed by atoms with E-state index >= 15 is 0 Å². The maximum atomic E-state index is 13.8. The quantitative estimate of drug-likeness (QED) is 0.794. The van der Waals surface area contributed by atoms with Crippen LogP contribution in [0.3, 0.4) is 0 Å². The SMILES string of the molecule is CCCOC(=O)c1c(F)ncn1[C@H](C)c1ccccc1F. The topological polar surface area (TPSA) is 44.1 Å². The van der Waals surface area contributed by atoms with Gasteiger partial charge in [0.1, 0.15) is 5.82 Å². The van der Waals surface area contributed by atoms with Crippen molar-refractivity contribution in [1.82, 2.24) is 9.55 Å². The Hall–Kier alpha value is -2.24. The van der Waals surface area contributed by atoms with Crippen LogP contribution in [0.4, 0.5) is 8.78 Å². The molecule has 1 heterocycles. The summed E-state index contributed by atoms with van der Waals surface area (Å²) in [5.41, 5.74) is 0.0543. The Morgan fingerprint density at radius 2 is 2.10 bits per heavy atom. The molecule has 0 aliphatic heterocycles. The highest BCUT2D eigenvalue weighted by atomic mass is 19.1. The van der Waals surface area contributed by atoms with E-state index in [4.69, 9.17) is 4.74 Å². The van der Waals surface area contributed by atoms with E-state index in [2.05, 4.69) is 4.98 Å². The molecule has 0 saturated heterocycles. The largest absolute Gasteiger partial charge is 0.461 e. The zero-order chi connectivity index (χ0) is 15.4. The van der Waals surface area contributed by atoms with Crippen molar-refractivity contribution in [3.05, 3.63) is 53.6 Å². The van der Waals surface area contributed by atoms with E-state index in [1.54, 1.807) is 25.1 Å². The van der Waals surface area contributed by atoms with E-state index < -0.39 is 23.8 Å². The lowest BCUT2D eigenvalue weighted by molar-refractivity contribution is 0.0485. The van der Waals surface area contributed by atoms with Crippen LogP contribution in [0.25, 0.3) is 0 Å². The van der Waals surface area contributed by atoms with E-state index in [1.165, 1.54) is 17.0 Å². The number of rotatable bonds is 5. The van der Waals surface area contributed by atoms with E-state index in [1.807, 2.05) is 6.92 Å². The van der Waals surface area contributed by atoms with Crippen molar-refractivity contribution in [3.8, 4) is 0 Å². The summed E-state index contributed by atoms with van der Waals surface area (Å²) < 4.78 is 33.8. The first kappa shape index (κ1) is 15.2. The average molecular weight is 294 g/mol. The predicted molar refractivity (Wildman–Crippen MR) is 73.0 cm³/mol. The number of carbonyl (C=O) groups is 1. The summed E-state index contributed by atoms with van der Waals surface area (Å²) >= 11 is 0. The summed E-state index contributed by atoms with van der Waals surface area (Å²) in [6.07, 6.45) is 1.80. The van der Waals surface area contributed by atoms with Gasteiger partial charge in [-0.25, -0.2) is 14.2 Å². The second-order valence-electron chi connectivity index (χ2n) is 4.62. The molecule has 0 aliphatic carbocycles. The highest BCUT2D eigenvalue weighted by Crippen LogP contribution is 2.23. The smallest absolute Gasteiger partial charge is 0.359 e. The van der Waals surface area contributed by atoms with Gasteiger partial charge in [0.15, 0.2) is 5.69 Å². The molecule has 0 bridgehead atoms. The van der Waals surface area contributed by atoms with Gasteiger partial charge in [-0.2, -0.15) is 4.39 Å². The van der Waals surface area contributed by atoms with Crippen LogP contribution in [0, 0.1) is 11.8 Å². The fraction of sp³-hybridized carbons (Fsp3) is 0.333. The highest BCUT2D eigenvalue weighted by Gasteiger charge is 2.24. The Kier molecular flexibility index (Phi) is 4.67. The molecule has 0 unspecified atom stereocenters. The summed E-state index contributed by atoms with van der Waals surface area (Å²) in [6, 6.07) is 5.56. The van der Waals surface area contributed by atoms with Crippen LogP contribution in [0.2, 0.25) is 0 Å². The number of halogens is 2. The van der Waals surface area contributed by atoms with Gasteiger partial charge in [0.25, 0.3) is 0 Å². The van der Waals surface area contributed by atoms with Gasteiger partial charge in [-0.1, -0.05) is 25.1 Å². The van der Waals surface area contributed by atoms with Crippen molar-refractivity contribution in [1.29, 1.82) is 0 Å². The number of hydrogen-bond acceptors (Lipinski definition) is 3. The van der Waals surface area contributed by atoms with Gasteiger partial charge >= 0.3 is 5.97 Å². The summed E-state index contributed by atoms with van der Waals surface area (Å²) in [6.45, 7) is 3.69. The Morgan fingerprint density at radius 3 is 2.76 bits per heavy atom. The van der Waals surface area contributed by atoms with E-state index in [9.17, 15) is 13.6 Å². The van der Waals surface area contributed by atoms with Crippen LogP contribution in [0.15, 0.2) is 30.6 Å². The lowest BCUT2D eigenvalue weighted by Gasteiger charge is -2.16. The monoisotopic (exact) mass is 294 g/mol. The number of ether oxygens (including phenoxy) is 1. The maximum absolute atomic E-state index is 13.8. The van der Waals surface area contributed by atoms with Crippen molar-refractivity contribution in [2.45, 2.75) is 26.3 Å². The molecule has 1 aromatic carbocycles. The minimum atomic E-state index is -0.917. The van der Waals surface area contributed by atoms with Crippen molar-refractivity contribution in [2.24, 2.45) is 0 Å². The molecule has 2 aromatic rings. The lowest BCUT2D eigenvalue weighted by Crippen LogP contribution is -2.18. The van der Waals surface area contributed by atoms with Crippen molar-refractivity contribution in [3.63, 3.8) is 0 Å². The minimum absolute atomic E-state index is 0.192. The number of hydrogen-bond donors (Lipinski definition) is 0. The van der Waals surface area contributed by atoms with Gasteiger partial charge in [-0.3, -0.25) is 0 Å². The molecule has 0 radical (unpaired) electrons. The third kappa shape index (κ3) is 3.09. The molecule has 0 saturated carbocycles. The van der Waals surface area contributed by atoms with Gasteiger partial charge in [0.2, 0.25) is 5.95 Å². The Bertz CT molecular complexity index is 640. The minimum Gasteiger partial charge on any atom is -0.461 e. The van der Waals surface area contributed by atoms with Crippen LogP contribution in [-0.4, -0.2) is 22.1 Å². The molecular weight excluding hydrogens is 278 g/mol. The fourth-order valence-electron chi connectivity index (χ4n) is 2.05. The molecule has 21 heavy (non-hydrogen) atoms. The first-order chi connectivity index (χ1) is 10.1. The Labute approximate surface area is 121 Å². The Morgan fingerprint density at radius 1 is 1.38 bits per heavy atom. The first-order valence-electron chi connectivity index (χ1n) is 6.70. The third-order valence-corrected chi connectivity index (χ3v) is 3.15. The van der Waals surface area contributed by atoms with E-state index in [-0.39, 0.29) is 12.3 Å². The van der Waals surface area contributed by atoms with Crippen molar-refractivity contribution in [2.75, 3.05) is 6.61 Å². The molecule has 4 nitrogen and oxygen atoms in total. The Balaban J connectivity index is 2.37. The number of benzene rings is 1. The molecule has 0 aliphatic rings. The van der Waals surface area contributed by atoms with Crippen LogP contribution < -0.4 is 0 Å². The van der Waals surface area contributed by atoms with Gasteiger partial charge in [0, 0.05) is 5.56 Å². The third-order valence-electron chi connectivity index (χ3n) is 3.15. The summed E-state index contributed by atoms with van der Waals surface area (Å²) in [5.74, 6) is -2.14. The van der Waals surface area contributed by atoms with Gasteiger partial charge in [0.05, 0.1) is 19.0 Å². The lowest BCUT2D eigenvalue weighted by atomic mass is 10.1. The van der Waals surface area contributed by atoms with E-state index in [0.717, 1.165) is 0 Å². The van der Waals surface area contributed by atoms with Crippen LogP contribution in [-0.2, 0) is 4.74 Å². The van der Waals surface area contributed by atoms with Crippen molar-refractivity contribution < 1.29 is 18.3 Å². The fourth-order valence-corrected chi connectivity index (χ4v) is 2.05. The molecule has 2 rings (SSSR count).